The van der Waals surface area contributed by atoms with Gasteiger partial charge < -0.3 is 24.3 Å². The number of para-hydroxylation sites is 1. The zero-order chi connectivity index (χ0) is 29.3. The van der Waals surface area contributed by atoms with Crippen LogP contribution in [-0.4, -0.2) is 35.0 Å². The van der Waals surface area contributed by atoms with E-state index in [0.717, 1.165) is 17.3 Å². The summed E-state index contributed by atoms with van der Waals surface area (Å²) in [7, 11) is 1.59. The van der Waals surface area contributed by atoms with Gasteiger partial charge in [0.05, 0.1) is 40.7 Å². The number of ether oxygens (including phenoxy) is 2. The standard InChI is InChI=1S/C30H28ClF3N4O2S/c1-18-16-21(19(2)37(18)25-10-5-4-8-22(25)30(32,33)34)28-27(24-9-6-7-13-35-24)36-29(41)38(28)20-11-12-26(23(31)17-20)40-15-14-39-3/h4-13,16-17,27-28H,14-15H2,1-3H3,(H,36,41)/t27-,28+/m0/s1. The topological polar surface area (TPSA) is 51.6 Å². The summed E-state index contributed by atoms with van der Waals surface area (Å²) in [4.78, 5) is 6.51. The molecule has 4 aromatic rings. The number of nitrogens with one attached hydrogen (secondary N) is 1. The lowest BCUT2D eigenvalue weighted by Gasteiger charge is -2.28. The van der Waals surface area contributed by atoms with Gasteiger partial charge in [-0.1, -0.05) is 29.8 Å². The number of benzene rings is 2. The molecule has 11 heteroatoms. The zero-order valence-corrected chi connectivity index (χ0v) is 24.1. The first-order valence-corrected chi connectivity index (χ1v) is 13.7. The fraction of sp³-hybridized carbons (Fsp3) is 0.267. The van der Waals surface area contributed by atoms with Crippen LogP contribution in [0.5, 0.6) is 5.75 Å². The summed E-state index contributed by atoms with van der Waals surface area (Å²) in [6.07, 6.45) is -2.81. The molecule has 5 rings (SSSR count). The van der Waals surface area contributed by atoms with Crippen molar-refractivity contribution in [2.24, 2.45) is 0 Å². The van der Waals surface area contributed by atoms with Gasteiger partial charge in [-0.05, 0) is 80.2 Å². The van der Waals surface area contributed by atoms with Gasteiger partial charge in [-0.15, -0.1) is 0 Å². The normalized spacial score (nSPS) is 17.1. The molecular weight excluding hydrogens is 573 g/mol. The average molecular weight is 601 g/mol. The summed E-state index contributed by atoms with van der Waals surface area (Å²) in [5.41, 5.74) is 2.93. The first-order valence-electron chi connectivity index (χ1n) is 12.9. The van der Waals surface area contributed by atoms with Gasteiger partial charge in [-0.2, -0.15) is 13.2 Å². The second-order valence-electron chi connectivity index (χ2n) is 9.63. The Bertz CT molecular complexity index is 1560. The van der Waals surface area contributed by atoms with E-state index >= 15 is 0 Å². The summed E-state index contributed by atoms with van der Waals surface area (Å²) in [5, 5.41) is 4.22. The molecule has 6 nitrogen and oxygen atoms in total. The first-order chi connectivity index (χ1) is 19.6. The molecule has 1 fully saturated rings. The number of aryl methyl sites for hydroxylation is 1. The van der Waals surface area contributed by atoms with Gasteiger partial charge in [0.2, 0.25) is 0 Å². The minimum Gasteiger partial charge on any atom is -0.490 e. The maximum absolute atomic E-state index is 14.0. The summed E-state index contributed by atoms with van der Waals surface area (Å²) in [5.74, 6) is 0.505. The lowest BCUT2D eigenvalue weighted by atomic mass is 9.96. The number of anilines is 1. The number of aromatic nitrogens is 2. The number of methoxy groups -OCH3 is 1. The number of halogens is 4. The molecule has 1 aliphatic heterocycles. The van der Waals surface area contributed by atoms with E-state index in [1.807, 2.05) is 42.2 Å². The molecule has 2 aromatic heterocycles. The van der Waals surface area contributed by atoms with Gasteiger partial charge in [0.15, 0.2) is 5.11 Å². The highest BCUT2D eigenvalue weighted by Crippen LogP contribution is 2.45. The van der Waals surface area contributed by atoms with Crippen LogP contribution in [0.25, 0.3) is 5.69 Å². The Kier molecular flexibility index (Phi) is 8.26. The smallest absolute Gasteiger partial charge is 0.418 e. The average Bonchev–Trinajstić information content (AvgIpc) is 3.44. The van der Waals surface area contributed by atoms with Crippen molar-refractivity contribution in [1.29, 1.82) is 0 Å². The van der Waals surface area contributed by atoms with E-state index in [2.05, 4.69) is 10.3 Å². The summed E-state index contributed by atoms with van der Waals surface area (Å²) < 4.78 is 54.4. The number of pyridine rings is 1. The number of alkyl halides is 3. The monoisotopic (exact) mass is 600 g/mol. The minimum absolute atomic E-state index is 0.0660. The molecule has 0 bridgehead atoms. The summed E-state index contributed by atoms with van der Waals surface area (Å²) >= 11 is 12.4. The minimum atomic E-state index is -4.51. The highest BCUT2D eigenvalue weighted by molar-refractivity contribution is 7.80. The van der Waals surface area contributed by atoms with Crippen LogP contribution < -0.4 is 15.0 Å². The van der Waals surface area contributed by atoms with E-state index in [-0.39, 0.29) is 11.7 Å². The Hall–Kier alpha value is -3.60. The van der Waals surface area contributed by atoms with E-state index in [1.54, 1.807) is 43.0 Å². The maximum atomic E-state index is 14.0. The van der Waals surface area contributed by atoms with E-state index in [9.17, 15) is 13.2 Å². The van der Waals surface area contributed by atoms with Crippen molar-refractivity contribution < 1.29 is 22.6 Å². The van der Waals surface area contributed by atoms with E-state index in [0.29, 0.717) is 46.2 Å². The van der Waals surface area contributed by atoms with Crippen LogP contribution in [-0.2, 0) is 10.9 Å². The van der Waals surface area contributed by atoms with Gasteiger partial charge in [0.1, 0.15) is 12.4 Å². The van der Waals surface area contributed by atoms with Gasteiger partial charge >= 0.3 is 6.18 Å². The van der Waals surface area contributed by atoms with Gasteiger partial charge in [0.25, 0.3) is 0 Å². The number of hydrogen-bond acceptors (Lipinski definition) is 4. The highest BCUT2D eigenvalue weighted by Gasteiger charge is 2.43. The highest BCUT2D eigenvalue weighted by atomic mass is 35.5. The van der Waals surface area contributed by atoms with Crippen molar-refractivity contribution in [3.8, 4) is 11.4 Å². The Morgan fingerprint density at radius 3 is 2.46 bits per heavy atom. The first kappa shape index (κ1) is 28.9. The van der Waals surface area contributed by atoms with Crippen LogP contribution in [0.15, 0.2) is 72.9 Å². The van der Waals surface area contributed by atoms with Crippen LogP contribution in [0.2, 0.25) is 5.02 Å². The summed E-state index contributed by atoms with van der Waals surface area (Å²) in [6.45, 7) is 4.38. The molecule has 1 aliphatic rings. The second kappa shape index (κ2) is 11.7. The number of hydrogen-bond donors (Lipinski definition) is 1. The summed E-state index contributed by atoms with van der Waals surface area (Å²) in [6, 6.07) is 17.7. The molecule has 2 aromatic carbocycles. The fourth-order valence-corrected chi connectivity index (χ4v) is 5.88. The van der Waals surface area contributed by atoms with E-state index in [4.69, 9.17) is 33.3 Å². The molecule has 0 radical (unpaired) electrons. The van der Waals surface area contributed by atoms with Crippen molar-refractivity contribution in [2.45, 2.75) is 32.1 Å². The molecular formula is C30H28ClF3N4O2S. The zero-order valence-electron chi connectivity index (χ0n) is 22.6. The van der Waals surface area contributed by atoms with Crippen LogP contribution >= 0.6 is 23.8 Å². The molecule has 0 spiro atoms. The Morgan fingerprint density at radius 1 is 1.02 bits per heavy atom. The molecule has 0 saturated carbocycles. The van der Waals surface area contributed by atoms with Crippen molar-refractivity contribution >= 4 is 34.6 Å². The molecule has 1 N–H and O–H groups in total. The fourth-order valence-electron chi connectivity index (χ4n) is 5.31. The maximum Gasteiger partial charge on any atom is 0.418 e. The van der Waals surface area contributed by atoms with Crippen LogP contribution in [0.4, 0.5) is 18.9 Å². The van der Waals surface area contributed by atoms with Crippen molar-refractivity contribution in [3.05, 3.63) is 106 Å². The third-order valence-corrected chi connectivity index (χ3v) is 7.69. The van der Waals surface area contributed by atoms with E-state index in [1.165, 1.54) is 12.1 Å². The Balaban J connectivity index is 1.64. The Labute approximate surface area is 246 Å². The number of rotatable bonds is 8. The second-order valence-corrected chi connectivity index (χ2v) is 10.4. The van der Waals surface area contributed by atoms with Crippen molar-refractivity contribution in [1.82, 2.24) is 14.9 Å². The molecule has 1 saturated heterocycles. The lowest BCUT2D eigenvalue weighted by molar-refractivity contribution is -0.137. The van der Waals surface area contributed by atoms with Gasteiger partial charge in [0, 0.05) is 30.4 Å². The number of nitrogens with zero attached hydrogens (tertiary/aromatic N) is 3. The Morgan fingerprint density at radius 2 is 1.78 bits per heavy atom. The largest absolute Gasteiger partial charge is 0.490 e. The third kappa shape index (κ3) is 5.64. The predicted molar refractivity (Wildman–Crippen MR) is 157 cm³/mol. The lowest BCUT2D eigenvalue weighted by Crippen LogP contribution is -2.29. The van der Waals surface area contributed by atoms with Crippen LogP contribution in [0.1, 0.15) is 40.3 Å². The van der Waals surface area contributed by atoms with Crippen LogP contribution in [0.3, 0.4) is 0 Å². The van der Waals surface area contributed by atoms with Gasteiger partial charge in [-0.3, -0.25) is 4.98 Å². The van der Waals surface area contributed by atoms with Crippen molar-refractivity contribution in [3.63, 3.8) is 0 Å². The SMILES string of the molecule is COCCOc1ccc(N2C(=S)N[C@@H](c3ccccn3)[C@H]2c2cc(C)n(-c3ccccc3C(F)(F)F)c2C)cc1Cl. The molecule has 3 heterocycles. The molecule has 0 aliphatic carbocycles. The molecule has 2 atom stereocenters. The third-order valence-electron chi connectivity index (χ3n) is 7.08. The molecule has 214 valence electrons. The van der Waals surface area contributed by atoms with E-state index < -0.39 is 17.8 Å². The van der Waals surface area contributed by atoms with Gasteiger partial charge in [-0.25, -0.2) is 0 Å². The number of thiocarbonyl (C=S) groups is 1. The molecule has 0 amide bonds. The van der Waals surface area contributed by atoms with Crippen molar-refractivity contribution in [2.75, 3.05) is 25.2 Å². The molecule has 41 heavy (non-hydrogen) atoms. The quantitative estimate of drug-likeness (QED) is 0.168. The van der Waals surface area contributed by atoms with Crippen LogP contribution in [0, 0.1) is 13.8 Å². The molecule has 0 unspecified atom stereocenters. The predicted octanol–water partition coefficient (Wildman–Crippen LogP) is 7.36.